The van der Waals surface area contributed by atoms with Gasteiger partial charge in [-0.15, -0.1) is 0 Å². The van der Waals surface area contributed by atoms with Gasteiger partial charge in [0.25, 0.3) is 0 Å². The first kappa shape index (κ1) is 11.0. The maximum atomic E-state index is 10.6. The van der Waals surface area contributed by atoms with Crippen LogP contribution in [-0.2, 0) is 0 Å². The maximum absolute atomic E-state index is 10.6. The van der Waals surface area contributed by atoms with Crippen LogP contribution in [0.25, 0.3) is 0 Å². The Morgan fingerprint density at radius 2 is 2.13 bits per heavy atom. The second-order valence-corrected chi connectivity index (χ2v) is 2.62. The van der Waals surface area contributed by atoms with Gasteiger partial charge in [0, 0.05) is 0 Å². The lowest BCUT2D eigenvalue weighted by Crippen LogP contribution is -2.37. The van der Waals surface area contributed by atoms with Gasteiger partial charge in [0.05, 0.1) is 13.3 Å². The zero-order valence-corrected chi connectivity index (χ0v) is 8.23. The number of methoxy groups -OCH3 is 1. The van der Waals surface area contributed by atoms with Crippen LogP contribution in [-0.4, -0.2) is 19.4 Å². The van der Waals surface area contributed by atoms with Crippen LogP contribution in [0.2, 0.25) is 0 Å². The number of hydrogen-bond donors (Lipinski definition) is 3. The molecule has 6 nitrogen and oxygen atoms in total. The molecule has 4 N–H and O–H groups in total. The van der Waals surface area contributed by atoms with E-state index in [4.69, 9.17) is 10.6 Å². The van der Waals surface area contributed by atoms with E-state index in [1.807, 2.05) is 17.6 Å². The van der Waals surface area contributed by atoms with Gasteiger partial charge in [0.2, 0.25) is 0 Å². The van der Waals surface area contributed by atoms with Gasteiger partial charge in [-0.1, -0.05) is 0 Å². The number of benzene rings is 1. The van der Waals surface area contributed by atoms with Crippen LogP contribution in [0.5, 0.6) is 5.75 Å². The highest BCUT2D eigenvalue weighted by molar-refractivity contribution is 5.81. The SMILES string of the molecule is COc1ccc(/C=N/NC(=O)NN)cc1. The molecule has 0 unspecified atom stereocenters. The van der Waals surface area contributed by atoms with E-state index in [2.05, 4.69) is 10.5 Å². The van der Waals surface area contributed by atoms with E-state index in [1.54, 1.807) is 19.2 Å². The Morgan fingerprint density at radius 3 is 2.67 bits per heavy atom. The lowest BCUT2D eigenvalue weighted by atomic mass is 10.2. The number of rotatable bonds is 3. The summed E-state index contributed by atoms with van der Waals surface area (Å²) in [6.07, 6.45) is 1.49. The van der Waals surface area contributed by atoms with Gasteiger partial charge in [-0.25, -0.2) is 16.1 Å². The molecular weight excluding hydrogens is 196 g/mol. The van der Waals surface area contributed by atoms with Crippen LogP contribution in [0.4, 0.5) is 4.79 Å². The number of carbonyl (C=O) groups is 1. The van der Waals surface area contributed by atoms with Crippen LogP contribution < -0.4 is 21.4 Å². The Kier molecular flexibility index (Phi) is 4.11. The molecule has 0 bridgehead atoms. The minimum absolute atomic E-state index is 0.570. The Hall–Kier alpha value is -2.08. The molecule has 1 rings (SSSR count). The molecule has 1 aromatic carbocycles. The molecule has 15 heavy (non-hydrogen) atoms. The number of hydrazine groups is 1. The topological polar surface area (TPSA) is 88.7 Å². The molecule has 0 aliphatic heterocycles. The Labute approximate surface area is 87.1 Å². The molecule has 0 radical (unpaired) electrons. The summed E-state index contributed by atoms with van der Waals surface area (Å²) in [5.74, 6) is 5.60. The van der Waals surface area contributed by atoms with E-state index in [0.717, 1.165) is 11.3 Å². The van der Waals surface area contributed by atoms with Crippen molar-refractivity contribution in [3.63, 3.8) is 0 Å². The fraction of sp³-hybridized carbons (Fsp3) is 0.111. The molecule has 0 fully saturated rings. The molecule has 0 aromatic heterocycles. The number of hydrazone groups is 1. The molecular formula is C9H12N4O2. The van der Waals surface area contributed by atoms with Crippen LogP contribution in [0.15, 0.2) is 29.4 Å². The summed E-state index contributed by atoms with van der Waals surface area (Å²) in [4.78, 5) is 10.6. The van der Waals surface area contributed by atoms with Crippen LogP contribution in [0.1, 0.15) is 5.56 Å². The standard InChI is InChI=1S/C9H12N4O2/c1-15-8-4-2-7(3-5-8)6-11-13-9(14)12-10/h2-6H,10H2,1H3,(H2,12,13,14)/b11-6+. The third kappa shape index (κ3) is 3.65. The van der Waals surface area contributed by atoms with Gasteiger partial charge in [-0.3, -0.25) is 5.43 Å². The van der Waals surface area contributed by atoms with E-state index >= 15 is 0 Å². The summed E-state index contributed by atoms with van der Waals surface area (Å²) in [5.41, 5.74) is 4.90. The molecule has 2 amide bonds. The van der Waals surface area contributed by atoms with E-state index in [0.29, 0.717) is 0 Å². The lowest BCUT2D eigenvalue weighted by Gasteiger charge is -1.99. The highest BCUT2D eigenvalue weighted by atomic mass is 16.5. The van der Waals surface area contributed by atoms with Gasteiger partial charge >= 0.3 is 6.03 Å². The number of urea groups is 1. The number of nitrogens with one attached hydrogen (secondary N) is 2. The van der Waals surface area contributed by atoms with Crippen LogP contribution in [0, 0.1) is 0 Å². The first-order valence-electron chi connectivity index (χ1n) is 4.20. The molecule has 0 heterocycles. The number of nitrogens with zero attached hydrogens (tertiary/aromatic N) is 1. The normalized spacial score (nSPS) is 10.0. The van der Waals surface area contributed by atoms with E-state index in [-0.39, 0.29) is 0 Å². The summed E-state index contributed by atoms with van der Waals surface area (Å²) in [6.45, 7) is 0. The lowest BCUT2D eigenvalue weighted by molar-refractivity contribution is 0.241. The van der Waals surface area contributed by atoms with Crippen molar-refractivity contribution in [2.45, 2.75) is 0 Å². The van der Waals surface area contributed by atoms with Crippen molar-refractivity contribution in [3.8, 4) is 5.75 Å². The highest BCUT2D eigenvalue weighted by Gasteiger charge is 1.92. The zero-order valence-electron chi connectivity index (χ0n) is 8.23. The summed E-state index contributed by atoms with van der Waals surface area (Å²) in [7, 11) is 1.59. The van der Waals surface area contributed by atoms with E-state index in [9.17, 15) is 4.79 Å². The predicted octanol–water partition coefficient (Wildman–Crippen LogP) is 0.202. The van der Waals surface area contributed by atoms with Crippen LogP contribution in [0.3, 0.4) is 0 Å². The third-order valence-corrected chi connectivity index (χ3v) is 1.63. The van der Waals surface area contributed by atoms with Gasteiger partial charge in [0.15, 0.2) is 0 Å². The molecule has 0 saturated heterocycles. The molecule has 1 aromatic rings. The van der Waals surface area contributed by atoms with Crippen LogP contribution >= 0.6 is 0 Å². The number of hydrogen-bond acceptors (Lipinski definition) is 4. The summed E-state index contributed by atoms with van der Waals surface area (Å²) >= 11 is 0. The molecule has 0 atom stereocenters. The summed E-state index contributed by atoms with van der Waals surface area (Å²) < 4.78 is 4.99. The third-order valence-electron chi connectivity index (χ3n) is 1.63. The van der Waals surface area contributed by atoms with Gasteiger partial charge in [-0.2, -0.15) is 5.10 Å². The van der Waals surface area contributed by atoms with Gasteiger partial charge in [0.1, 0.15) is 5.75 Å². The van der Waals surface area contributed by atoms with Crippen molar-refractivity contribution < 1.29 is 9.53 Å². The largest absolute Gasteiger partial charge is 0.497 e. The van der Waals surface area contributed by atoms with Gasteiger partial charge < -0.3 is 4.74 Å². The Morgan fingerprint density at radius 1 is 1.47 bits per heavy atom. The number of ether oxygens (including phenoxy) is 1. The van der Waals surface area contributed by atoms with Crippen molar-refractivity contribution in [1.29, 1.82) is 0 Å². The highest BCUT2D eigenvalue weighted by Crippen LogP contribution is 2.09. The Bertz CT molecular complexity index is 348. The maximum Gasteiger partial charge on any atom is 0.349 e. The Balaban J connectivity index is 2.53. The smallest absolute Gasteiger partial charge is 0.349 e. The number of nitrogens with two attached hydrogens (primary N) is 1. The average molecular weight is 208 g/mol. The molecule has 0 saturated carbocycles. The predicted molar refractivity (Wildman–Crippen MR) is 56.4 cm³/mol. The van der Waals surface area contributed by atoms with E-state index in [1.165, 1.54) is 6.21 Å². The monoisotopic (exact) mass is 208 g/mol. The summed E-state index contributed by atoms with van der Waals surface area (Å²) in [5, 5.41) is 3.66. The van der Waals surface area contributed by atoms with E-state index < -0.39 is 6.03 Å². The minimum Gasteiger partial charge on any atom is -0.497 e. The fourth-order valence-corrected chi connectivity index (χ4v) is 0.888. The first-order valence-corrected chi connectivity index (χ1v) is 4.20. The van der Waals surface area contributed by atoms with Crippen molar-refractivity contribution in [2.24, 2.45) is 10.9 Å². The fourth-order valence-electron chi connectivity index (χ4n) is 0.888. The second-order valence-electron chi connectivity index (χ2n) is 2.62. The minimum atomic E-state index is -0.570. The quantitative estimate of drug-likeness (QED) is 0.287. The van der Waals surface area contributed by atoms with Gasteiger partial charge in [-0.05, 0) is 29.8 Å². The molecule has 0 aliphatic rings. The zero-order chi connectivity index (χ0) is 11.1. The number of amides is 2. The van der Waals surface area contributed by atoms with Crippen molar-refractivity contribution in [2.75, 3.05) is 7.11 Å². The average Bonchev–Trinajstić information content (AvgIpc) is 2.29. The molecule has 80 valence electrons. The van der Waals surface area contributed by atoms with Crippen molar-refractivity contribution >= 4 is 12.2 Å². The molecule has 6 heteroatoms. The number of carbonyl (C=O) groups excluding carboxylic acids is 1. The second kappa shape index (κ2) is 5.61. The van der Waals surface area contributed by atoms with Crippen molar-refractivity contribution in [3.05, 3.63) is 29.8 Å². The van der Waals surface area contributed by atoms with Crippen molar-refractivity contribution in [1.82, 2.24) is 10.9 Å². The molecule has 0 aliphatic carbocycles. The first-order chi connectivity index (χ1) is 7.26. The molecule has 0 spiro atoms. The summed E-state index contributed by atoms with van der Waals surface area (Å²) in [6, 6.07) is 6.64.